The van der Waals surface area contributed by atoms with E-state index in [1.54, 1.807) is 4.68 Å². The summed E-state index contributed by atoms with van der Waals surface area (Å²) < 4.78 is 7.04. The van der Waals surface area contributed by atoms with Crippen LogP contribution in [0.2, 0.25) is 0 Å². The zero-order valence-corrected chi connectivity index (χ0v) is 15.6. The number of nitrogens with zero attached hydrogens (tertiary/aromatic N) is 3. The molecule has 4 rings (SSSR count). The highest BCUT2D eigenvalue weighted by Gasteiger charge is 2.38. The van der Waals surface area contributed by atoms with Crippen LogP contribution in [0.4, 0.5) is 0 Å². The van der Waals surface area contributed by atoms with Gasteiger partial charge in [0.2, 0.25) is 5.91 Å². The molecule has 1 aliphatic carbocycles. The van der Waals surface area contributed by atoms with E-state index >= 15 is 0 Å². The number of hydrogen-bond donors (Lipinski definition) is 1. The maximum absolute atomic E-state index is 13.0. The predicted octanol–water partition coefficient (Wildman–Crippen LogP) is 1.44. The number of nitrogens with one attached hydrogen (secondary N) is 1. The number of rotatable bonds is 4. The summed E-state index contributed by atoms with van der Waals surface area (Å²) in [7, 11) is 1.84. The van der Waals surface area contributed by atoms with Gasteiger partial charge in [-0.1, -0.05) is 0 Å². The van der Waals surface area contributed by atoms with Gasteiger partial charge in [0.1, 0.15) is 5.69 Å². The van der Waals surface area contributed by atoms with E-state index in [0.29, 0.717) is 31.4 Å². The second kappa shape index (κ2) is 7.02. The minimum atomic E-state index is -0.00874. The standard InChI is InChI=1S/C19H28N4O3/c1-12-15(20-18(24)14-6-9-26-10-7-14)5-8-23(12)19(25)17-11-16(13-3-4-13)21-22(17)2/h11-15H,3-10H2,1-2H3,(H,20,24)/t12-,15+/m1/s1. The van der Waals surface area contributed by atoms with E-state index < -0.39 is 0 Å². The number of likely N-dealkylation sites (tertiary alicyclic amines) is 1. The Kier molecular flexibility index (Phi) is 4.73. The van der Waals surface area contributed by atoms with Gasteiger partial charge in [-0.2, -0.15) is 5.10 Å². The summed E-state index contributed by atoms with van der Waals surface area (Å²) in [6.45, 7) is 4.01. The number of aromatic nitrogens is 2. The Morgan fingerprint density at radius 2 is 1.92 bits per heavy atom. The lowest BCUT2D eigenvalue weighted by Crippen LogP contribution is -2.47. The molecule has 2 amide bonds. The van der Waals surface area contributed by atoms with Gasteiger partial charge in [0.25, 0.3) is 5.91 Å². The van der Waals surface area contributed by atoms with Gasteiger partial charge in [0, 0.05) is 44.7 Å². The van der Waals surface area contributed by atoms with Crippen molar-refractivity contribution in [1.82, 2.24) is 20.0 Å². The van der Waals surface area contributed by atoms with Crippen LogP contribution in [0, 0.1) is 5.92 Å². The molecule has 0 radical (unpaired) electrons. The first kappa shape index (κ1) is 17.5. The Labute approximate surface area is 154 Å². The van der Waals surface area contributed by atoms with Crippen LogP contribution in [-0.2, 0) is 16.6 Å². The Hall–Kier alpha value is -1.89. The van der Waals surface area contributed by atoms with Crippen LogP contribution in [0.5, 0.6) is 0 Å². The van der Waals surface area contributed by atoms with Crippen LogP contribution >= 0.6 is 0 Å². The molecule has 26 heavy (non-hydrogen) atoms. The molecule has 0 spiro atoms. The van der Waals surface area contributed by atoms with E-state index in [1.165, 1.54) is 12.8 Å². The van der Waals surface area contributed by atoms with Crippen molar-refractivity contribution >= 4 is 11.8 Å². The SMILES string of the molecule is C[C@@H]1[C@@H](NC(=O)C2CCOCC2)CCN1C(=O)c1cc(C2CC2)nn1C. The van der Waals surface area contributed by atoms with Crippen molar-refractivity contribution in [1.29, 1.82) is 0 Å². The molecular formula is C19H28N4O3. The molecule has 3 fully saturated rings. The predicted molar refractivity (Wildman–Crippen MR) is 95.8 cm³/mol. The molecule has 2 saturated heterocycles. The molecule has 1 aromatic rings. The minimum absolute atomic E-state index is 0.00874. The Morgan fingerprint density at radius 3 is 2.62 bits per heavy atom. The summed E-state index contributed by atoms with van der Waals surface area (Å²) in [5.74, 6) is 0.697. The number of carbonyl (C=O) groups excluding carboxylic acids is 2. The lowest BCUT2D eigenvalue weighted by Gasteiger charge is -2.27. The molecule has 7 nitrogen and oxygen atoms in total. The van der Waals surface area contributed by atoms with E-state index in [1.807, 2.05) is 24.9 Å². The highest BCUT2D eigenvalue weighted by atomic mass is 16.5. The number of amides is 2. The lowest BCUT2D eigenvalue weighted by molar-refractivity contribution is -0.128. The minimum Gasteiger partial charge on any atom is -0.381 e. The monoisotopic (exact) mass is 360 g/mol. The smallest absolute Gasteiger partial charge is 0.272 e. The second-order valence-electron chi connectivity index (χ2n) is 7.88. The highest BCUT2D eigenvalue weighted by Crippen LogP contribution is 2.39. The summed E-state index contributed by atoms with van der Waals surface area (Å²) in [5, 5.41) is 7.68. The average molecular weight is 360 g/mol. The molecule has 0 aromatic carbocycles. The van der Waals surface area contributed by atoms with Gasteiger partial charge in [-0.15, -0.1) is 0 Å². The summed E-state index contributed by atoms with van der Waals surface area (Å²) >= 11 is 0. The average Bonchev–Trinajstić information content (AvgIpc) is 3.34. The third kappa shape index (κ3) is 3.37. The fraction of sp³-hybridized carbons (Fsp3) is 0.737. The third-order valence-corrected chi connectivity index (χ3v) is 6.05. The normalized spacial score (nSPS) is 26.9. The molecule has 2 atom stereocenters. The molecule has 2 aliphatic heterocycles. The fourth-order valence-electron chi connectivity index (χ4n) is 4.10. The van der Waals surface area contributed by atoms with Gasteiger partial charge in [-0.25, -0.2) is 0 Å². The lowest BCUT2D eigenvalue weighted by atomic mass is 9.98. The van der Waals surface area contributed by atoms with Crippen molar-refractivity contribution in [3.63, 3.8) is 0 Å². The number of hydrogen-bond acceptors (Lipinski definition) is 4. The van der Waals surface area contributed by atoms with Gasteiger partial charge < -0.3 is 15.0 Å². The molecule has 3 heterocycles. The Bertz CT molecular complexity index is 691. The molecular weight excluding hydrogens is 332 g/mol. The Morgan fingerprint density at radius 1 is 1.19 bits per heavy atom. The maximum Gasteiger partial charge on any atom is 0.272 e. The van der Waals surface area contributed by atoms with Crippen molar-refractivity contribution in [3.8, 4) is 0 Å². The van der Waals surface area contributed by atoms with Crippen LogP contribution in [0.3, 0.4) is 0 Å². The van der Waals surface area contributed by atoms with E-state index in [-0.39, 0.29) is 29.8 Å². The molecule has 1 saturated carbocycles. The van der Waals surface area contributed by atoms with Gasteiger partial charge in [0.05, 0.1) is 11.7 Å². The number of ether oxygens (including phenoxy) is 1. The molecule has 3 aliphatic rings. The third-order valence-electron chi connectivity index (χ3n) is 6.05. The molecule has 0 bridgehead atoms. The van der Waals surface area contributed by atoms with Crippen molar-refractivity contribution in [3.05, 3.63) is 17.5 Å². The quantitative estimate of drug-likeness (QED) is 0.882. The van der Waals surface area contributed by atoms with Gasteiger partial charge in [0.15, 0.2) is 0 Å². The van der Waals surface area contributed by atoms with Crippen LogP contribution in [0.25, 0.3) is 0 Å². The summed E-state index contributed by atoms with van der Waals surface area (Å²) in [4.78, 5) is 27.4. The molecule has 1 N–H and O–H groups in total. The van der Waals surface area contributed by atoms with E-state index in [2.05, 4.69) is 10.4 Å². The Balaban J connectivity index is 1.39. The second-order valence-corrected chi connectivity index (χ2v) is 7.88. The van der Waals surface area contributed by atoms with Crippen LogP contribution in [0.1, 0.15) is 61.1 Å². The van der Waals surface area contributed by atoms with Crippen molar-refractivity contribution < 1.29 is 14.3 Å². The first-order valence-electron chi connectivity index (χ1n) is 9.77. The van der Waals surface area contributed by atoms with Crippen molar-refractivity contribution in [2.45, 2.75) is 57.0 Å². The van der Waals surface area contributed by atoms with E-state index in [0.717, 1.165) is 25.0 Å². The summed E-state index contributed by atoms with van der Waals surface area (Å²) in [6, 6.07) is 1.96. The molecule has 0 unspecified atom stereocenters. The number of aryl methyl sites for hydroxylation is 1. The van der Waals surface area contributed by atoms with E-state index in [4.69, 9.17) is 4.74 Å². The number of carbonyl (C=O) groups is 2. The summed E-state index contributed by atoms with van der Waals surface area (Å²) in [5.41, 5.74) is 1.68. The van der Waals surface area contributed by atoms with Crippen LogP contribution < -0.4 is 5.32 Å². The topological polar surface area (TPSA) is 76.5 Å². The van der Waals surface area contributed by atoms with Crippen molar-refractivity contribution in [2.24, 2.45) is 13.0 Å². The van der Waals surface area contributed by atoms with Gasteiger partial charge in [-0.05, 0) is 45.1 Å². The van der Waals surface area contributed by atoms with Crippen LogP contribution in [-0.4, -0.2) is 58.3 Å². The maximum atomic E-state index is 13.0. The van der Waals surface area contributed by atoms with Crippen LogP contribution in [0.15, 0.2) is 6.07 Å². The van der Waals surface area contributed by atoms with E-state index in [9.17, 15) is 9.59 Å². The molecule has 142 valence electrons. The molecule has 7 heteroatoms. The first-order valence-corrected chi connectivity index (χ1v) is 9.77. The zero-order chi connectivity index (χ0) is 18.3. The van der Waals surface area contributed by atoms with Gasteiger partial charge >= 0.3 is 0 Å². The highest BCUT2D eigenvalue weighted by molar-refractivity contribution is 5.93. The largest absolute Gasteiger partial charge is 0.381 e. The zero-order valence-electron chi connectivity index (χ0n) is 15.6. The fourth-order valence-corrected chi connectivity index (χ4v) is 4.10. The van der Waals surface area contributed by atoms with Crippen molar-refractivity contribution in [2.75, 3.05) is 19.8 Å². The first-order chi connectivity index (χ1) is 12.5. The van der Waals surface area contributed by atoms with Gasteiger partial charge in [-0.3, -0.25) is 14.3 Å². The summed E-state index contributed by atoms with van der Waals surface area (Å²) in [6.07, 6.45) is 4.72. The molecule has 1 aromatic heterocycles.